The van der Waals surface area contributed by atoms with Gasteiger partial charge in [-0.25, -0.2) is 8.42 Å². The summed E-state index contributed by atoms with van der Waals surface area (Å²) in [4.78, 5) is 27.6. The van der Waals surface area contributed by atoms with E-state index in [1.165, 1.54) is 29.2 Å². The topological polar surface area (TPSA) is 86.8 Å². The monoisotopic (exact) mass is 581 g/mol. The zero-order valence-corrected chi connectivity index (χ0v) is 23.4. The van der Waals surface area contributed by atoms with Gasteiger partial charge in [-0.1, -0.05) is 65.8 Å². The summed E-state index contributed by atoms with van der Waals surface area (Å²) >= 11 is 24.6. The van der Waals surface area contributed by atoms with Crippen LogP contribution in [-0.2, 0) is 26.2 Å². The molecule has 35 heavy (non-hydrogen) atoms. The van der Waals surface area contributed by atoms with Gasteiger partial charge in [0.1, 0.15) is 12.6 Å². The first-order chi connectivity index (χ1) is 16.3. The summed E-state index contributed by atoms with van der Waals surface area (Å²) in [6, 6.07) is 8.19. The molecule has 7 nitrogen and oxygen atoms in total. The molecule has 0 radical (unpaired) electrons. The molecule has 0 heterocycles. The number of rotatable bonds is 11. The van der Waals surface area contributed by atoms with Crippen LogP contribution in [0.3, 0.4) is 0 Å². The second kappa shape index (κ2) is 13.0. The maximum absolute atomic E-state index is 13.5. The standard InChI is InChI=1S/C23H27Cl4N3O4S/c1-4-5-10-28-23(32)15(2)29(13-16-6-7-17(24)11-20(16)27)22(31)14-30(35(3,33)34)21-12-18(25)8-9-19(21)26/h6-9,11-12,15H,4-5,10,13-14H2,1-3H3,(H,28,32)/t15-/m0/s1. The molecule has 2 amide bonds. The molecule has 0 aromatic heterocycles. The normalized spacial score (nSPS) is 12.2. The fourth-order valence-electron chi connectivity index (χ4n) is 3.22. The van der Waals surface area contributed by atoms with Gasteiger partial charge in [0.25, 0.3) is 0 Å². The van der Waals surface area contributed by atoms with Crippen LogP contribution in [0.4, 0.5) is 5.69 Å². The zero-order valence-electron chi connectivity index (χ0n) is 19.5. The SMILES string of the molecule is CCCCNC(=O)[C@H](C)N(Cc1ccc(Cl)cc1Cl)C(=O)CN(c1cc(Cl)ccc1Cl)S(C)(=O)=O. The maximum Gasteiger partial charge on any atom is 0.244 e. The second-order valence-electron chi connectivity index (χ2n) is 7.94. The molecule has 0 bridgehead atoms. The Labute approximate surface area is 226 Å². The molecule has 12 heteroatoms. The number of carbonyl (C=O) groups excluding carboxylic acids is 2. The molecule has 2 rings (SSSR count). The minimum absolute atomic E-state index is 0.0436. The van der Waals surface area contributed by atoms with Crippen molar-refractivity contribution in [3.63, 3.8) is 0 Å². The summed E-state index contributed by atoms with van der Waals surface area (Å²) in [5.74, 6) is -1.00. The van der Waals surface area contributed by atoms with Gasteiger partial charge in [0, 0.05) is 28.2 Å². The van der Waals surface area contributed by atoms with E-state index in [-0.39, 0.29) is 28.2 Å². The molecule has 0 aliphatic heterocycles. The van der Waals surface area contributed by atoms with Gasteiger partial charge in [0.05, 0.1) is 17.0 Å². The third kappa shape index (κ3) is 8.43. The molecule has 1 atom stereocenters. The van der Waals surface area contributed by atoms with Crippen LogP contribution in [0.1, 0.15) is 32.3 Å². The number of nitrogens with zero attached hydrogens (tertiary/aromatic N) is 2. The number of hydrogen-bond donors (Lipinski definition) is 1. The largest absolute Gasteiger partial charge is 0.354 e. The van der Waals surface area contributed by atoms with Gasteiger partial charge >= 0.3 is 0 Å². The van der Waals surface area contributed by atoms with Gasteiger partial charge < -0.3 is 10.2 Å². The van der Waals surface area contributed by atoms with Gasteiger partial charge in [-0.05, 0) is 49.2 Å². The molecular formula is C23H27Cl4N3O4S. The van der Waals surface area contributed by atoms with Crippen LogP contribution >= 0.6 is 46.4 Å². The Bertz CT molecular complexity index is 1180. The number of unbranched alkanes of at least 4 members (excludes halogenated alkanes) is 1. The Morgan fingerprint density at radius 2 is 1.63 bits per heavy atom. The fraction of sp³-hybridized carbons (Fsp3) is 0.391. The number of nitrogens with one attached hydrogen (secondary N) is 1. The van der Waals surface area contributed by atoms with Crippen molar-refractivity contribution in [2.75, 3.05) is 23.7 Å². The van der Waals surface area contributed by atoms with Gasteiger partial charge in [0.2, 0.25) is 21.8 Å². The third-order valence-corrected chi connectivity index (χ3v) is 7.48. The van der Waals surface area contributed by atoms with E-state index in [0.717, 1.165) is 23.4 Å². The van der Waals surface area contributed by atoms with Gasteiger partial charge in [-0.2, -0.15) is 0 Å². The van der Waals surface area contributed by atoms with Gasteiger partial charge in [-0.15, -0.1) is 0 Å². The molecule has 0 saturated carbocycles. The smallest absolute Gasteiger partial charge is 0.244 e. The van der Waals surface area contributed by atoms with Crippen LogP contribution in [0.5, 0.6) is 0 Å². The van der Waals surface area contributed by atoms with Crippen LogP contribution in [0.15, 0.2) is 36.4 Å². The molecule has 2 aromatic carbocycles. The lowest BCUT2D eigenvalue weighted by atomic mass is 10.1. The molecule has 192 valence electrons. The lowest BCUT2D eigenvalue weighted by Crippen LogP contribution is -2.51. The van der Waals surface area contributed by atoms with Crippen molar-refractivity contribution in [1.82, 2.24) is 10.2 Å². The summed E-state index contributed by atoms with van der Waals surface area (Å²) in [5, 5.41) is 3.88. The predicted octanol–water partition coefficient (Wildman–Crippen LogP) is 5.40. The van der Waals surface area contributed by atoms with E-state index in [4.69, 9.17) is 46.4 Å². The molecule has 0 unspecified atom stereocenters. The average molecular weight is 583 g/mol. The maximum atomic E-state index is 13.5. The van der Waals surface area contributed by atoms with Crippen molar-refractivity contribution in [2.24, 2.45) is 0 Å². The first-order valence-corrected chi connectivity index (χ1v) is 14.1. The first kappa shape index (κ1) is 29.5. The highest BCUT2D eigenvalue weighted by atomic mass is 35.5. The summed E-state index contributed by atoms with van der Waals surface area (Å²) in [6.45, 7) is 3.38. The van der Waals surface area contributed by atoms with Gasteiger partial charge in [-0.3, -0.25) is 13.9 Å². The van der Waals surface area contributed by atoms with Crippen molar-refractivity contribution in [3.05, 3.63) is 62.1 Å². The number of amides is 2. The fourth-order valence-corrected chi connectivity index (χ4v) is 4.98. The highest BCUT2D eigenvalue weighted by Crippen LogP contribution is 2.31. The van der Waals surface area contributed by atoms with E-state index in [2.05, 4.69) is 5.32 Å². The lowest BCUT2D eigenvalue weighted by Gasteiger charge is -2.32. The van der Waals surface area contributed by atoms with E-state index < -0.39 is 28.5 Å². The zero-order chi connectivity index (χ0) is 26.3. The van der Waals surface area contributed by atoms with E-state index in [0.29, 0.717) is 22.2 Å². The Morgan fingerprint density at radius 3 is 2.23 bits per heavy atom. The summed E-state index contributed by atoms with van der Waals surface area (Å²) in [5.41, 5.74) is 0.601. The minimum atomic E-state index is -3.94. The molecule has 0 aliphatic rings. The van der Waals surface area contributed by atoms with E-state index >= 15 is 0 Å². The number of carbonyl (C=O) groups is 2. The van der Waals surface area contributed by atoms with Crippen LogP contribution in [-0.4, -0.2) is 50.5 Å². The number of hydrogen-bond acceptors (Lipinski definition) is 4. The van der Waals surface area contributed by atoms with Crippen molar-refractivity contribution in [2.45, 2.75) is 39.3 Å². The van der Waals surface area contributed by atoms with Crippen molar-refractivity contribution in [3.8, 4) is 0 Å². The average Bonchev–Trinajstić information content (AvgIpc) is 2.77. The Morgan fingerprint density at radius 1 is 1.00 bits per heavy atom. The number of sulfonamides is 1. The van der Waals surface area contributed by atoms with E-state index in [1.807, 2.05) is 6.92 Å². The highest BCUT2D eigenvalue weighted by molar-refractivity contribution is 7.92. The van der Waals surface area contributed by atoms with E-state index in [9.17, 15) is 18.0 Å². The third-order valence-electron chi connectivity index (χ3n) is 5.21. The van der Waals surface area contributed by atoms with Gasteiger partial charge in [0.15, 0.2) is 0 Å². The molecular weight excluding hydrogens is 556 g/mol. The molecule has 0 aliphatic carbocycles. The quantitative estimate of drug-likeness (QED) is 0.359. The van der Waals surface area contributed by atoms with Crippen molar-refractivity contribution >= 4 is 73.9 Å². The summed E-state index contributed by atoms with van der Waals surface area (Å²) in [6.07, 6.45) is 2.63. The Balaban J connectivity index is 2.43. The second-order valence-corrected chi connectivity index (χ2v) is 11.5. The molecule has 0 spiro atoms. The number of anilines is 1. The molecule has 0 fully saturated rings. The van der Waals surface area contributed by atoms with E-state index in [1.54, 1.807) is 19.1 Å². The molecule has 1 N–H and O–H groups in total. The van der Waals surface area contributed by atoms with Crippen molar-refractivity contribution in [1.29, 1.82) is 0 Å². The minimum Gasteiger partial charge on any atom is -0.354 e. The van der Waals surface area contributed by atoms with Crippen LogP contribution in [0.2, 0.25) is 20.1 Å². The highest BCUT2D eigenvalue weighted by Gasteiger charge is 2.31. The summed E-state index contributed by atoms with van der Waals surface area (Å²) in [7, 11) is -3.94. The number of benzene rings is 2. The van der Waals surface area contributed by atoms with Crippen LogP contribution in [0, 0.1) is 0 Å². The van der Waals surface area contributed by atoms with Crippen molar-refractivity contribution < 1.29 is 18.0 Å². The Hall–Kier alpha value is -1.71. The first-order valence-electron chi connectivity index (χ1n) is 10.8. The summed E-state index contributed by atoms with van der Waals surface area (Å²) < 4.78 is 26.1. The Kier molecular flexibility index (Phi) is 11.0. The number of halogens is 4. The van der Waals surface area contributed by atoms with Crippen LogP contribution in [0.25, 0.3) is 0 Å². The molecule has 0 saturated heterocycles. The predicted molar refractivity (Wildman–Crippen MR) is 143 cm³/mol. The molecule has 2 aromatic rings. The van der Waals surface area contributed by atoms with Crippen LogP contribution < -0.4 is 9.62 Å². The lowest BCUT2D eigenvalue weighted by molar-refractivity contribution is -0.139.